The molecule has 0 saturated heterocycles. The minimum atomic E-state index is -0.521. The van der Waals surface area contributed by atoms with Gasteiger partial charge in [-0.2, -0.15) is 0 Å². The average molecular weight is 331 g/mol. The number of rotatable bonds is 6. The minimum Gasteiger partial charge on any atom is -0.386 e. The van der Waals surface area contributed by atoms with E-state index in [1.807, 2.05) is 0 Å². The third-order valence-corrected chi connectivity index (χ3v) is 3.01. The number of nitro groups is 1. The molecule has 2 aromatic carbocycles. The minimum absolute atomic E-state index is 0.0712. The summed E-state index contributed by atoms with van der Waals surface area (Å²) in [7, 11) is 0. The van der Waals surface area contributed by atoms with Crippen LogP contribution in [0.25, 0.3) is 0 Å². The fraction of sp³-hybridized carbons (Fsp3) is 0.125. The smallest absolute Gasteiger partial charge is 0.270 e. The Kier molecular flexibility index (Phi) is 5.56. The van der Waals surface area contributed by atoms with E-state index in [4.69, 9.17) is 4.84 Å². The molecule has 0 aliphatic rings. The number of hydrogen-bond donors (Lipinski definition) is 1. The summed E-state index contributed by atoms with van der Waals surface area (Å²) in [5.74, 6) is -0.924. The monoisotopic (exact) mass is 331 g/mol. The number of non-ortho nitro benzene ring substituents is 1. The second kappa shape index (κ2) is 7.82. The van der Waals surface area contributed by atoms with Crippen molar-refractivity contribution in [1.29, 1.82) is 0 Å². The Morgan fingerprint density at radius 2 is 2.17 bits per heavy atom. The number of carbonyl (C=O) groups excluding carboxylic acids is 1. The Morgan fingerprint density at radius 1 is 1.38 bits per heavy atom. The molecule has 0 fully saturated rings. The van der Waals surface area contributed by atoms with E-state index in [9.17, 15) is 19.3 Å². The van der Waals surface area contributed by atoms with Crippen LogP contribution in [0.1, 0.15) is 11.1 Å². The Bertz CT molecular complexity index is 793. The quantitative estimate of drug-likeness (QED) is 0.500. The molecule has 1 amide bonds. The lowest BCUT2D eigenvalue weighted by Crippen LogP contribution is -2.17. The van der Waals surface area contributed by atoms with E-state index >= 15 is 0 Å². The molecule has 0 aliphatic carbocycles. The van der Waals surface area contributed by atoms with Gasteiger partial charge < -0.3 is 10.2 Å². The maximum atomic E-state index is 13.4. The molecule has 0 aliphatic heterocycles. The van der Waals surface area contributed by atoms with Crippen molar-refractivity contribution in [2.75, 3.05) is 11.9 Å². The van der Waals surface area contributed by atoms with Crippen molar-refractivity contribution in [3.63, 3.8) is 0 Å². The fourth-order valence-corrected chi connectivity index (χ4v) is 1.78. The van der Waals surface area contributed by atoms with Crippen molar-refractivity contribution in [1.82, 2.24) is 0 Å². The van der Waals surface area contributed by atoms with Gasteiger partial charge in [-0.05, 0) is 24.6 Å². The SMILES string of the molecule is Cc1ccc(NC(=O)CO/N=C\c2cccc([N+](=O)[O-])c2)cc1F. The van der Waals surface area contributed by atoms with Gasteiger partial charge in [0.1, 0.15) is 5.82 Å². The van der Waals surface area contributed by atoms with E-state index < -0.39 is 16.6 Å². The van der Waals surface area contributed by atoms with Gasteiger partial charge in [0.2, 0.25) is 0 Å². The van der Waals surface area contributed by atoms with Gasteiger partial charge in [0.05, 0.1) is 11.1 Å². The van der Waals surface area contributed by atoms with Crippen molar-refractivity contribution in [2.24, 2.45) is 5.16 Å². The summed E-state index contributed by atoms with van der Waals surface area (Å²) < 4.78 is 13.4. The first-order chi connectivity index (χ1) is 11.5. The van der Waals surface area contributed by atoms with Crippen molar-refractivity contribution < 1.29 is 18.9 Å². The van der Waals surface area contributed by atoms with Crippen LogP contribution in [0.3, 0.4) is 0 Å². The number of benzene rings is 2. The number of nitro benzene ring substituents is 1. The summed E-state index contributed by atoms with van der Waals surface area (Å²) >= 11 is 0. The van der Waals surface area contributed by atoms with Crippen molar-refractivity contribution in [2.45, 2.75) is 6.92 Å². The maximum Gasteiger partial charge on any atom is 0.270 e. The zero-order chi connectivity index (χ0) is 17.5. The highest BCUT2D eigenvalue weighted by Crippen LogP contribution is 2.13. The van der Waals surface area contributed by atoms with E-state index in [0.717, 1.165) is 0 Å². The lowest BCUT2D eigenvalue weighted by atomic mass is 10.2. The van der Waals surface area contributed by atoms with E-state index in [-0.39, 0.29) is 12.3 Å². The molecule has 0 atom stereocenters. The van der Waals surface area contributed by atoms with Crippen LogP contribution in [0.15, 0.2) is 47.6 Å². The van der Waals surface area contributed by atoms with Crippen LogP contribution in [0.5, 0.6) is 0 Å². The number of anilines is 1. The topological polar surface area (TPSA) is 93.8 Å². The zero-order valence-corrected chi connectivity index (χ0v) is 12.7. The van der Waals surface area contributed by atoms with Crippen LogP contribution in [0.2, 0.25) is 0 Å². The predicted octanol–water partition coefficient (Wildman–Crippen LogP) is 3.03. The fourth-order valence-electron chi connectivity index (χ4n) is 1.78. The molecule has 8 heteroatoms. The highest BCUT2D eigenvalue weighted by molar-refractivity contribution is 5.91. The second-order valence-corrected chi connectivity index (χ2v) is 4.87. The molecule has 2 aromatic rings. The number of amides is 1. The molecule has 124 valence electrons. The van der Waals surface area contributed by atoms with E-state index in [1.54, 1.807) is 25.1 Å². The summed E-state index contributed by atoms with van der Waals surface area (Å²) in [6, 6.07) is 10.1. The Morgan fingerprint density at radius 3 is 2.88 bits per heavy atom. The van der Waals surface area contributed by atoms with Crippen molar-refractivity contribution >= 4 is 23.5 Å². The Balaban J connectivity index is 1.84. The van der Waals surface area contributed by atoms with Crippen LogP contribution in [0.4, 0.5) is 15.8 Å². The van der Waals surface area contributed by atoms with Gasteiger partial charge in [0.15, 0.2) is 6.61 Å². The first kappa shape index (κ1) is 17.1. The number of nitrogens with zero attached hydrogens (tertiary/aromatic N) is 2. The average Bonchev–Trinajstić information content (AvgIpc) is 2.55. The zero-order valence-electron chi connectivity index (χ0n) is 12.7. The largest absolute Gasteiger partial charge is 0.386 e. The van der Waals surface area contributed by atoms with Crippen LogP contribution in [0, 0.1) is 22.9 Å². The van der Waals surface area contributed by atoms with Crippen molar-refractivity contribution in [3.05, 3.63) is 69.5 Å². The number of carbonyl (C=O) groups is 1. The number of hydrogen-bond acceptors (Lipinski definition) is 5. The van der Waals surface area contributed by atoms with Crippen LogP contribution < -0.4 is 5.32 Å². The number of oxime groups is 1. The molecule has 2 rings (SSSR count). The molecule has 0 spiro atoms. The van der Waals surface area contributed by atoms with Gasteiger partial charge in [-0.15, -0.1) is 0 Å². The molecular formula is C16H14FN3O4. The molecule has 0 unspecified atom stereocenters. The molecule has 0 bridgehead atoms. The number of aryl methyl sites for hydroxylation is 1. The molecule has 1 N–H and O–H groups in total. The van der Waals surface area contributed by atoms with Gasteiger partial charge in [-0.3, -0.25) is 14.9 Å². The highest BCUT2D eigenvalue weighted by atomic mass is 19.1. The standard InChI is InChI=1S/C16H14FN3O4/c1-11-5-6-13(8-15(11)17)19-16(21)10-24-18-9-12-3-2-4-14(7-12)20(22)23/h2-9H,10H2,1H3,(H,19,21)/b18-9-. The van der Waals surface area contributed by atoms with Gasteiger partial charge in [-0.25, -0.2) is 4.39 Å². The normalized spacial score (nSPS) is 10.6. The lowest BCUT2D eigenvalue weighted by molar-refractivity contribution is -0.384. The van der Waals surface area contributed by atoms with Gasteiger partial charge in [0.25, 0.3) is 11.6 Å². The maximum absolute atomic E-state index is 13.4. The van der Waals surface area contributed by atoms with Crippen LogP contribution in [-0.4, -0.2) is 23.7 Å². The molecule has 0 heterocycles. The molecule has 0 saturated carbocycles. The van der Waals surface area contributed by atoms with Crippen LogP contribution in [-0.2, 0) is 9.63 Å². The van der Waals surface area contributed by atoms with Gasteiger partial charge in [-0.1, -0.05) is 23.4 Å². The number of nitrogens with one attached hydrogen (secondary N) is 1. The Hall–Kier alpha value is -3.29. The van der Waals surface area contributed by atoms with Gasteiger partial charge in [0, 0.05) is 23.4 Å². The van der Waals surface area contributed by atoms with Crippen LogP contribution >= 0.6 is 0 Å². The first-order valence-electron chi connectivity index (χ1n) is 6.91. The lowest BCUT2D eigenvalue weighted by Gasteiger charge is -2.05. The summed E-state index contributed by atoms with van der Waals surface area (Å²) in [5, 5.41) is 16.7. The highest BCUT2D eigenvalue weighted by Gasteiger charge is 2.06. The van der Waals surface area contributed by atoms with E-state index in [1.165, 1.54) is 30.5 Å². The van der Waals surface area contributed by atoms with Gasteiger partial charge >= 0.3 is 0 Å². The number of halogens is 1. The molecule has 7 nitrogen and oxygen atoms in total. The summed E-state index contributed by atoms with van der Waals surface area (Å²) in [4.78, 5) is 26.6. The first-order valence-corrected chi connectivity index (χ1v) is 6.91. The van der Waals surface area contributed by atoms with Crippen molar-refractivity contribution in [3.8, 4) is 0 Å². The third-order valence-electron chi connectivity index (χ3n) is 3.01. The summed E-state index contributed by atoms with van der Waals surface area (Å²) in [6.07, 6.45) is 1.26. The Labute approximate surface area is 136 Å². The third kappa shape index (κ3) is 4.87. The molecular weight excluding hydrogens is 317 g/mol. The predicted molar refractivity (Wildman–Crippen MR) is 86.4 cm³/mol. The molecule has 0 radical (unpaired) electrons. The molecule has 0 aromatic heterocycles. The molecule has 24 heavy (non-hydrogen) atoms. The van der Waals surface area contributed by atoms with E-state index in [2.05, 4.69) is 10.5 Å². The summed E-state index contributed by atoms with van der Waals surface area (Å²) in [5.41, 5.74) is 1.18. The second-order valence-electron chi connectivity index (χ2n) is 4.87. The van der Waals surface area contributed by atoms with E-state index in [0.29, 0.717) is 16.8 Å². The summed E-state index contributed by atoms with van der Waals surface area (Å²) in [6.45, 7) is 1.24.